The molecule has 2 heterocycles. The van der Waals surface area contributed by atoms with E-state index in [1.54, 1.807) is 18.2 Å². The Balaban J connectivity index is 1.68. The Hall–Kier alpha value is -3.26. The number of hydrogen-bond donors (Lipinski definition) is 1. The monoisotopic (exact) mass is 441 g/mol. The molecule has 0 saturated carbocycles. The van der Waals surface area contributed by atoms with Crippen molar-refractivity contribution in [2.75, 3.05) is 0 Å². The molecule has 0 aliphatic rings. The van der Waals surface area contributed by atoms with Crippen LogP contribution in [-0.4, -0.2) is 16.1 Å². The summed E-state index contributed by atoms with van der Waals surface area (Å²) in [6.07, 6.45) is 0. The van der Waals surface area contributed by atoms with E-state index in [2.05, 4.69) is 31.4 Å². The Kier molecular flexibility index (Phi) is 5.03. The van der Waals surface area contributed by atoms with Gasteiger partial charge in [-0.15, -0.1) is 10.2 Å². The summed E-state index contributed by atoms with van der Waals surface area (Å²) < 4.78 is 24.9. The highest BCUT2D eigenvalue weighted by Crippen LogP contribution is 2.26. The van der Waals surface area contributed by atoms with Crippen molar-refractivity contribution < 1.29 is 18.0 Å². The number of halogens is 2. The first-order valence-corrected chi connectivity index (χ1v) is 9.10. The van der Waals surface area contributed by atoms with Crippen LogP contribution in [0.3, 0.4) is 0 Å². The highest BCUT2D eigenvalue weighted by molar-refractivity contribution is 9.10. The van der Waals surface area contributed by atoms with Crippen molar-refractivity contribution in [1.29, 1.82) is 0 Å². The lowest BCUT2D eigenvalue weighted by Gasteiger charge is -2.15. The highest BCUT2D eigenvalue weighted by atomic mass is 79.9. The number of nitrogens with one attached hydrogen (secondary N) is 1. The largest absolute Gasteiger partial charge is 0.444 e. The summed E-state index contributed by atoms with van der Waals surface area (Å²) in [5.41, 5.74) is 1.34. The van der Waals surface area contributed by atoms with Crippen molar-refractivity contribution in [2.24, 2.45) is 0 Å². The van der Waals surface area contributed by atoms with E-state index in [0.717, 1.165) is 5.56 Å². The molecule has 2 aromatic carbocycles. The van der Waals surface area contributed by atoms with Gasteiger partial charge in [0.05, 0.1) is 0 Å². The maximum atomic E-state index is 13.3. The first kappa shape index (κ1) is 18.1. The maximum Gasteiger partial charge on any atom is 0.287 e. The maximum absolute atomic E-state index is 13.3. The van der Waals surface area contributed by atoms with Crippen LogP contribution in [0.5, 0.6) is 0 Å². The summed E-state index contributed by atoms with van der Waals surface area (Å²) in [6, 6.07) is 17.3. The molecule has 0 saturated heterocycles. The summed E-state index contributed by atoms with van der Waals surface area (Å²) in [6.45, 7) is 0. The quantitative estimate of drug-likeness (QED) is 0.483. The van der Waals surface area contributed by atoms with E-state index in [4.69, 9.17) is 8.83 Å². The van der Waals surface area contributed by atoms with Gasteiger partial charge in [-0.3, -0.25) is 4.79 Å². The lowest BCUT2D eigenvalue weighted by molar-refractivity contribution is 0.0908. The molecular formula is C20H13BrFN3O3. The zero-order chi connectivity index (χ0) is 19.5. The van der Waals surface area contributed by atoms with Crippen LogP contribution < -0.4 is 5.32 Å². The molecule has 0 radical (unpaired) electrons. The van der Waals surface area contributed by atoms with Crippen LogP contribution in [-0.2, 0) is 0 Å². The summed E-state index contributed by atoms with van der Waals surface area (Å²) >= 11 is 3.16. The molecule has 0 fully saturated rings. The van der Waals surface area contributed by atoms with Gasteiger partial charge in [0.25, 0.3) is 5.91 Å². The Labute approximate surface area is 167 Å². The minimum Gasteiger partial charge on any atom is -0.444 e. The Morgan fingerprint density at radius 2 is 1.71 bits per heavy atom. The number of amides is 1. The van der Waals surface area contributed by atoms with Crippen molar-refractivity contribution >= 4 is 21.8 Å². The second-order valence-corrected chi connectivity index (χ2v) is 6.65. The fourth-order valence-electron chi connectivity index (χ4n) is 2.63. The molecule has 0 bridgehead atoms. The van der Waals surface area contributed by atoms with Crippen LogP contribution >= 0.6 is 15.9 Å². The zero-order valence-electron chi connectivity index (χ0n) is 14.3. The van der Waals surface area contributed by atoms with Gasteiger partial charge in [0, 0.05) is 5.56 Å². The summed E-state index contributed by atoms with van der Waals surface area (Å²) in [4.78, 5) is 12.6. The van der Waals surface area contributed by atoms with E-state index in [1.165, 1.54) is 18.2 Å². The van der Waals surface area contributed by atoms with Crippen LogP contribution in [0.1, 0.15) is 28.1 Å². The number of carbonyl (C=O) groups is 1. The number of nitrogens with zero attached hydrogens (tertiary/aromatic N) is 2. The molecule has 1 unspecified atom stereocenters. The lowest BCUT2D eigenvalue weighted by atomic mass is 10.1. The average molecular weight is 442 g/mol. The van der Waals surface area contributed by atoms with E-state index < -0.39 is 11.9 Å². The highest BCUT2D eigenvalue weighted by Gasteiger charge is 2.25. The molecule has 0 aliphatic carbocycles. The third-order valence-electron chi connectivity index (χ3n) is 3.98. The van der Waals surface area contributed by atoms with Crippen molar-refractivity contribution in [3.05, 3.63) is 94.4 Å². The molecule has 28 heavy (non-hydrogen) atoms. The van der Waals surface area contributed by atoms with Crippen molar-refractivity contribution in [2.45, 2.75) is 6.04 Å². The topological polar surface area (TPSA) is 81.2 Å². The molecule has 1 N–H and O–H groups in total. The summed E-state index contributed by atoms with van der Waals surface area (Å²) in [5, 5.41) is 10.9. The van der Waals surface area contributed by atoms with E-state index >= 15 is 0 Å². The van der Waals surface area contributed by atoms with Crippen molar-refractivity contribution in [1.82, 2.24) is 15.5 Å². The second-order valence-electron chi connectivity index (χ2n) is 5.87. The van der Waals surface area contributed by atoms with Crippen LogP contribution in [0.25, 0.3) is 11.5 Å². The smallest absolute Gasteiger partial charge is 0.287 e. The van der Waals surface area contributed by atoms with Crippen molar-refractivity contribution in [3.63, 3.8) is 0 Å². The number of furan rings is 1. The van der Waals surface area contributed by atoms with E-state index in [1.807, 2.05) is 30.3 Å². The molecule has 140 valence electrons. The fraction of sp³-hybridized carbons (Fsp3) is 0.0500. The third kappa shape index (κ3) is 3.86. The van der Waals surface area contributed by atoms with Crippen LogP contribution in [0, 0.1) is 5.82 Å². The SMILES string of the molecule is O=C(NC(c1ccc(F)cc1)c1nnc(-c2ccccc2)o1)c1ccc(Br)o1. The van der Waals surface area contributed by atoms with Gasteiger partial charge in [0.2, 0.25) is 11.8 Å². The Morgan fingerprint density at radius 3 is 2.39 bits per heavy atom. The minimum absolute atomic E-state index is 0.113. The third-order valence-corrected chi connectivity index (χ3v) is 4.41. The van der Waals surface area contributed by atoms with Crippen molar-refractivity contribution in [3.8, 4) is 11.5 Å². The number of rotatable bonds is 5. The molecular weight excluding hydrogens is 429 g/mol. The van der Waals surface area contributed by atoms with Gasteiger partial charge in [-0.1, -0.05) is 30.3 Å². The molecule has 6 nitrogen and oxygen atoms in total. The first-order chi connectivity index (χ1) is 13.6. The van der Waals surface area contributed by atoms with Gasteiger partial charge in [0.15, 0.2) is 10.4 Å². The average Bonchev–Trinajstić information content (AvgIpc) is 3.37. The number of carbonyl (C=O) groups excluding carboxylic acids is 1. The zero-order valence-corrected chi connectivity index (χ0v) is 15.9. The van der Waals surface area contributed by atoms with Crippen LogP contribution in [0.15, 0.2) is 80.2 Å². The van der Waals surface area contributed by atoms with E-state index in [0.29, 0.717) is 16.1 Å². The molecule has 0 aliphatic heterocycles. The molecule has 1 amide bonds. The van der Waals surface area contributed by atoms with Gasteiger partial charge < -0.3 is 14.2 Å². The van der Waals surface area contributed by atoms with E-state index in [9.17, 15) is 9.18 Å². The number of hydrogen-bond acceptors (Lipinski definition) is 5. The number of aromatic nitrogens is 2. The predicted octanol–water partition coefficient (Wildman–Crippen LogP) is 4.75. The summed E-state index contributed by atoms with van der Waals surface area (Å²) in [7, 11) is 0. The second kappa shape index (κ2) is 7.77. The van der Waals surface area contributed by atoms with Crippen LogP contribution in [0.2, 0.25) is 0 Å². The van der Waals surface area contributed by atoms with Gasteiger partial charge in [-0.25, -0.2) is 4.39 Å². The molecule has 4 rings (SSSR count). The van der Waals surface area contributed by atoms with Crippen LogP contribution in [0.4, 0.5) is 4.39 Å². The molecule has 4 aromatic rings. The van der Waals surface area contributed by atoms with E-state index in [-0.39, 0.29) is 17.5 Å². The number of benzene rings is 2. The molecule has 8 heteroatoms. The molecule has 2 aromatic heterocycles. The fourth-order valence-corrected chi connectivity index (χ4v) is 2.94. The lowest BCUT2D eigenvalue weighted by Crippen LogP contribution is -2.29. The van der Waals surface area contributed by atoms with Gasteiger partial charge in [-0.2, -0.15) is 0 Å². The normalized spacial score (nSPS) is 11.9. The van der Waals surface area contributed by atoms with Gasteiger partial charge in [0.1, 0.15) is 11.9 Å². The van der Waals surface area contributed by atoms with Gasteiger partial charge >= 0.3 is 0 Å². The summed E-state index contributed by atoms with van der Waals surface area (Å²) in [5.74, 6) is -0.261. The standard InChI is InChI=1S/C20H13BrFN3O3/c21-16-11-10-15(27-16)18(26)23-17(12-6-8-14(22)9-7-12)20-25-24-19(28-20)13-4-2-1-3-5-13/h1-11,17H,(H,23,26). The minimum atomic E-state index is -0.776. The Bertz CT molecular complexity index is 1090. The van der Waals surface area contributed by atoms with Gasteiger partial charge in [-0.05, 0) is 57.9 Å². The Morgan fingerprint density at radius 1 is 0.964 bits per heavy atom. The predicted molar refractivity (Wildman–Crippen MR) is 102 cm³/mol. The first-order valence-electron chi connectivity index (χ1n) is 8.30. The molecule has 1 atom stereocenters. The molecule has 0 spiro atoms.